The van der Waals surface area contributed by atoms with Gasteiger partial charge in [-0.15, -0.1) is 0 Å². The lowest BCUT2D eigenvalue weighted by Crippen LogP contribution is -2.25. The van der Waals surface area contributed by atoms with Gasteiger partial charge in [0.05, 0.1) is 24.7 Å². The Morgan fingerprint density at radius 3 is 2.29 bits per heavy atom. The van der Waals surface area contributed by atoms with Gasteiger partial charge >= 0.3 is 11.6 Å². The van der Waals surface area contributed by atoms with Crippen LogP contribution in [-0.4, -0.2) is 25.1 Å². The highest BCUT2D eigenvalue weighted by molar-refractivity contribution is 5.82. The zero-order valence-corrected chi connectivity index (χ0v) is 22.7. The molecule has 2 aromatic carbocycles. The summed E-state index contributed by atoms with van der Waals surface area (Å²) in [5.41, 5.74) is 1.17. The Hall–Kier alpha value is -3.22. The molecule has 1 heterocycles. The molecule has 0 saturated carbocycles. The van der Waals surface area contributed by atoms with Gasteiger partial charge in [0.1, 0.15) is 11.3 Å². The Bertz CT molecular complexity index is 1230. The van der Waals surface area contributed by atoms with Crippen molar-refractivity contribution < 1.29 is 27.5 Å². The smallest absolute Gasteiger partial charge is 0.344 e. The minimum absolute atomic E-state index is 0.000513. The number of rotatable bonds is 14. The predicted molar refractivity (Wildman–Crippen MR) is 146 cm³/mol. The number of benzene rings is 2. The Morgan fingerprint density at radius 2 is 1.63 bits per heavy atom. The summed E-state index contributed by atoms with van der Waals surface area (Å²) in [6.45, 7) is 8.15. The third kappa shape index (κ3) is 8.67. The monoisotopic (exact) mass is 528 g/mol. The standard InChI is InChI=1S/C31H38F2O5/c1-21(2)18-26(22(3)4)29(34)37-17-9-15-31(32,33)14-8-16-36-25-13-12-24-19-27(23-10-6-5-7-11-23)30(35)38-28(24)20-25/h5-7,10-13,19-22,26H,8-9,14-18H2,1-4H3. The molecular weight excluding hydrogens is 490 g/mol. The Morgan fingerprint density at radius 1 is 0.947 bits per heavy atom. The summed E-state index contributed by atoms with van der Waals surface area (Å²) in [6.07, 6.45) is 0.324. The van der Waals surface area contributed by atoms with Crippen molar-refractivity contribution in [2.45, 2.75) is 65.7 Å². The molecule has 0 aliphatic rings. The van der Waals surface area contributed by atoms with Crippen molar-refractivity contribution in [3.8, 4) is 16.9 Å². The fourth-order valence-corrected chi connectivity index (χ4v) is 4.41. The van der Waals surface area contributed by atoms with Crippen LogP contribution in [0.5, 0.6) is 5.75 Å². The van der Waals surface area contributed by atoms with Gasteiger partial charge in [-0.25, -0.2) is 13.6 Å². The Labute approximate surface area is 223 Å². The van der Waals surface area contributed by atoms with Crippen molar-refractivity contribution in [3.05, 3.63) is 65.0 Å². The van der Waals surface area contributed by atoms with Crippen molar-refractivity contribution in [2.24, 2.45) is 17.8 Å². The quantitative estimate of drug-likeness (QED) is 0.121. The van der Waals surface area contributed by atoms with E-state index in [0.29, 0.717) is 22.8 Å². The first kappa shape index (κ1) is 29.3. The molecule has 1 atom stereocenters. The van der Waals surface area contributed by atoms with Crippen LogP contribution in [0.2, 0.25) is 0 Å². The van der Waals surface area contributed by atoms with Gasteiger partial charge in [-0.2, -0.15) is 0 Å². The van der Waals surface area contributed by atoms with Crippen LogP contribution in [0.1, 0.15) is 59.8 Å². The molecule has 0 bridgehead atoms. The van der Waals surface area contributed by atoms with Crippen LogP contribution in [0.3, 0.4) is 0 Å². The Kier molecular flexibility index (Phi) is 10.5. The molecule has 0 saturated heterocycles. The van der Waals surface area contributed by atoms with E-state index in [2.05, 4.69) is 0 Å². The number of hydrogen-bond acceptors (Lipinski definition) is 5. The van der Waals surface area contributed by atoms with Gasteiger partial charge in [0, 0.05) is 24.3 Å². The predicted octanol–water partition coefficient (Wildman–Crippen LogP) is 7.90. The van der Waals surface area contributed by atoms with Crippen LogP contribution in [0, 0.1) is 17.8 Å². The molecular formula is C31H38F2O5. The van der Waals surface area contributed by atoms with Crippen molar-refractivity contribution >= 4 is 16.9 Å². The molecule has 0 fully saturated rings. The van der Waals surface area contributed by atoms with Crippen molar-refractivity contribution in [1.82, 2.24) is 0 Å². The van der Waals surface area contributed by atoms with Crippen molar-refractivity contribution in [1.29, 1.82) is 0 Å². The fourth-order valence-electron chi connectivity index (χ4n) is 4.41. The number of fused-ring (bicyclic) bond motifs is 1. The zero-order chi connectivity index (χ0) is 27.7. The maximum Gasteiger partial charge on any atom is 0.344 e. The average molecular weight is 529 g/mol. The lowest BCUT2D eigenvalue weighted by atomic mass is 9.88. The van der Waals surface area contributed by atoms with Crippen LogP contribution in [0.4, 0.5) is 8.78 Å². The minimum Gasteiger partial charge on any atom is -0.493 e. The highest BCUT2D eigenvalue weighted by Gasteiger charge is 2.29. The minimum atomic E-state index is -2.87. The van der Waals surface area contributed by atoms with Gasteiger partial charge in [0.25, 0.3) is 0 Å². The molecule has 1 unspecified atom stereocenters. The summed E-state index contributed by atoms with van der Waals surface area (Å²) >= 11 is 0. The van der Waals surface area contributed by atoms with Gasteiger partial charge in [-0.3, -0.25) is 4.79 Å². The van der Waals surface area contributed by atoms with E-state index in [1.54, 1.807) is 24.3 Å². The van der Waals surface area contributed by atoms with E-state index < -0.39 is 11.5 Å². The number of alkyl halides is 2. The van der Waals surface area contributed by atoms with Crippen LogP contribution in [0.15, 0.2) is 63.8 Å². The summed E-state index contributed by atoms with van der Waals surface area (Å²) in [7, 11) is 0. The molecule has 0 aliphatic heterocycles. The number of carbonyl (C=O) groups excluding carboxylic acids is 1. The molecule has 0 radical (unpaired) electrons. The highest BCUT2D eigenvalue weighted by Crippen LogP contribution is 2.28. The van der Waals surface area contributed by atoms with E-state index in [1.165, 1.54) is 0 Å². The van der Waals surface area contributed by atoms with Crippen LogP contribution >= 0.6 is 0 Å². The van der Waals surface area contributed by atoms with Gasteiger partial charge in [-0.05, 0) is 54.9 Å². The summed E-state index contributed by atoms with van der Waals surface area (Å²) < 4.78 is 45.0. The van der Waals surface area contributed by atoms with E-state index >= 15 is 0 Å². The third-order valence-corrected chi connectivity index (χ3v) is 6.51. The first-order chi connectivity index (χ1) is 18.1. The summed E-state index contributed by atoms with van der Waals surface area (Å²) in [4.78, 5) is 24.8. The first-order valence-corrected chi connectivity index (χ1v) is 13.4. The van der Waals surface area contributed by atoms with Gasteiger partial charge in [0.15, 0.2) is 0 Å². The maximum atomic E-state index is 14.3. The topological polar surface area (TPSA) is 65.7 Å². The SMILES string of the molecule is CC(C)CC(C(=O)OCCCC(F)(F)CCCOc1ccc2cc(-c3ccccc3)c(=O)oc2c1)C(C)C. The lowest BCUT2D eigenvalue weighted by molar-refractivity contribution is -0.151. The Balaban J connectivity index is 1.43. The van der Waals surface area contributed by atoms with E-state index in [-0.39, 0.29) is 56.7 Å². The van der Waals surface area contributed by atoms with Crippen LogP contribution < -0.4 is 10.4 Å². The van der Waals surface area contributed by atoms with Gasteiger partial charge in [-0.1, -0.05) is 58.0 Å². The van der Waals surface area contributed by atoms with Gasteiger partial charge in [0.2, 0.25) is 5.92 Å². The number of carbonyl (C=O) groups is 1. The van der Waals surface area contributed by atoms with Crippen molar-refractivity contribution in [3.63, 3.8) is 0 Å². The van der Waals surface area contributed by atoms with Crippen molar-refractivity contribution in [2.75, 3.05) is 13.2 Å². The number of ether oxygens (including phenoxy) is 2. The second-order valence-electron chi connectivity index (χ2n) is 10.6. The molecule has 1 aromatic heterocycles. The maximum absolute atomic E-state index is 14.3. The van der Waals surface area contributed by atoms with E-state index in [0.717, 1.165) is 17.4 Å². The van der Waals surface area contributed by atoms with Crippen LogP contribution in [0.25, 0.3) is 22.1 Å². The molecule has 5 nitrogen and oxygen atoms in total. The molecule has 0 aliphatic carbocycles. The molecule has 0 spiro atoms. The number of hydrogen-bond donors (Lipinski definition) is 0. The summed E-state index contributed by atoms with van der Waals surface area (Å²) in [6, 6.07) is 16.1. The molecule has 3 rings (SSSR count). The summed E-state index contributed by atoms with van der Waals surface area (Å²) in [5.74, 6) is -2.41. The molecule has 206 valence electrons. The normalized spacial score (nSPS) is 12.7. The van der Waals surface area contributed by atoms with E-state index in [9.17, 15) is 18.4 Å². The molecule has 3 aromatic rings. The summed E-state index contributed by atoms with van der Waals surface area (Å²) in [5, 5.41) is 0.743. The number of halogens is 2. The molecule has 7 heteroatoms. The largest absolute Gasteiger partial charge is 0.493 e. The second kappa shape index (κ2) is 13.5. The van der Waals surface area contributed by atoms with E-state index in [4.69, 9.17) is 13.9 Å². The fraction of sp³-hybridized carbons (Fsp3) is 0.484. The van der Waals surface area contributed by atoms with E-state index in [1.807, 2.05) is 58.0 Å². The first-order valence-electron chi connectivity index (χ1n) is 13.4. The molecule has 0 amide bonds. The average Bonchev–Trinajstić information content (AvgIpc) is 2.87. The van der Waals surface area contributed by atoms with Crippen LogP contribution in [-0.2, 0) is 9.53 Å². The second-order valence-corrected chi connectivity index (χ2v) is 10.6. The lowest BCUT2D eigenvalue weighted by Gasteiger charge is -2.21. The van der Waals surface area contributed by atoms with Gasteiger partial charge < -0.3 is 13.9 Å². The third-order valence-electron chi connectivity index (χ3n) is 6.51. The molecule has 38 heavy (non-hydrogen) atoms. The number of esters is 1. The zero-order valence-electron chi connectivity index (χ0n) is 22.7. The molecule has 0 N–H and O–H groups in total. The highest BCUT2D eigenvalue weighted by atomic mass is 19.3.